The average Bonchev–Trinajstić information content (AvgIpc) is 2.46. The van der Waals surface area contributed by atoms with Gasteiger partial charge in [0.25, 0.3) is 5.91 Å². The number of rotatable bonds is 5. The smallest absolute Gasteiger partial charge is 0.254 e. The third-order valence-electron chi connectivity index (χ3n) is 3.89. The Balaban J connectivity index is 2.17. The Hall–Kier alpha value is -1.92. The molecule has 3 N–H and O–H groups in total. The summed E-state index contributed by atoms with van der Waals surface area (Å²) in [7, 11) is 1.58. The second kappa shape index (κ2) is 6.89. The molecule has 1 saturated heterocycles. The lowest BCUT2D eigenvalue weighted by atomic mass is 9.89. The van der Waals surface area contributed by atoms with Gasteiger partial charge in [-0.1, -0.05) is 18.2 Å². The minimum absolute atomic E-state index is 0.121. The standard InChI is InChI=1S/C16H22N2O4/c1-22-10-12-5-2-3-6-13(12)15(20)18-8-4-7-16(21,11-18)9-14(17)19/h2-3,5-6,21H,4,7-11H2,1H3,(H2,17,19). The predicted molar refractivity (Wildman–Crippen MR) is 81.1 cm³/mol. The molecule has 1 fully saturated rings. The molecule has 0 aromatic heterocycles. The number of piperidine rings is 1. The first-order valence-corrected chi connectivity index (χ1v) is 7.32. The quantitative estimate of drug-likeness (QED) is 0.836. The molecule has 1 atom stereocenters. The SMILES string of the molecule is COCc1ccccc1C(=O)N1CCCC(O)(CC(N)=O)C1. The number of carbonyl (C=O) groups excluding carboxylic acids is 2. The number of carbonyl (C=O) groups is 2. The van der Waals surface area contributed by atoms with Crippen molar-refractivity contribution >= 4 is 11.8 Å². The number of β-amino-alcohol motifs (C(OH)–C–C–N with tert-alkyl or cyclic N) is 1. The van der Waals surface area contributed by atoms with Gasteiger partial charge in [-0.15, -0.1) is 0 Å². The molecule has 0 radical (unpaired) electrons. The Morgan fingerprint density at radius 3 is 2.82 bits per heavy atom. The molecule has 1 aliphatic rings. The molecule has 2 amide bonds. The van der Waals surface area contributed by atoms with Crippen molar-refractivity contribution < 1.29 is 19.4 Å². The maximum atomic E-state index is 12.7. The van der Waals surface area contributed by atoms with E-state index >= 15 is 0 Å². The van der Waals surface area contributed by atoms with Crippen LogP contribution in [0.4, 0.5) is 0 Å². The molecular formula is C16H22N2O4. The number of primary amides is 1. The summed E-state index contributed by atoms with van der Waals surface area (Å²) in [6, 6.07) is 7.24. The molecule has 22 heavy (non-hydrogen) atoms. The first-order valence-electron chi connectivity index (χ1n) is 7.32. The van der Waals surface area contributed by atoms with Gasteiger partial charge >= 0.3 is 0 Å². The lowest BCUT2D eigenvalue weighted by molar-refractivity contribution is -0.125. The van der Waals surface area contributed by atoms with Gasteiger partial charge in [-0.3, -0.25) is 9.59 Å². The fourth-order valence-electron chi connectivity index (χ4n) is 2.93. The summed E-state index contributed by atoms with van der Waals surface area (Å²) in [6.07, 6.45) is 0.984. The lowest BCUT2D eigenvalue weighted by Gasteiger charge is -2.38. The third kappa shape index (κ3) is 3.84. The van der Waals surface area contributed by atoms with Gasteiger partial charge < -0.3 is 20.5 Å². The van der Waals surface area contributed by atoms with E-state index < -0.39 is 11.5 Å². The number of likely N-dealkylation sites (tertiary alicyclic amines) is 1. The highest BCUT2D eigenvalue weighted by atomic mass is 16.5. The van der Waals surface area contributed by atoms with Crippen molar-refractivity contribution in [2.24, 2.45) is 5.73 Å². The van der Waals surface area contributed by atoms with E-state index in [0.717, 1.165) is 5.56 Å². The Labute approximate surface area is 129 Å². The molecule has 0 spiro atoms. The highest BCUT2D eigenvalue weighted by molar-refractivity contribution is 5.95. The van der Waals surface area contributed by atoms with Crippen LogP contribution in [-0.4, -0.2) is 47.6 Å². The van der Waals surface area contributed by atoms with Crippen LogP contribution in [0.3, 0.4) is 0 Å². The molecule has 0 aliphatic carbocycles. The number of nitrogens with two attached hydrogens (primary N) is 1. The van der Waals surface area contributed by atoms with Crippen LogP contribution >= 0.6 is 0 Å². The van der Waals surface area contributed by atoms with Gasteiger partial charge in [0.1, 0.15) is 0 Å². The summed E-state index contributed by atoms with van der Waals surface area (Å²) in [6.45, 7) is 1.03. The Morgan fingerprint density at radius 2 is 2.14 bits per heavy atom. The monoisotopic (exact) mass is 306 g/mol. The third-order valence-corrected chi connectivity index (χ3v) is 3.89. The van der Waals surface area contributed by atoms with Crippen molar-refractivity contribution in [2.75, 3.05) is 20.2 Å². The molecule has 0 saturated carbocycles. The fourth-order valence-corrected chi connectivity index (χ4v) is 2.93. The number of benzene rings is 1. The second-order valence-electron chi connectivity index (χ2n) is 5.79. The zero-order chi connectivity index (χ0) is 16.2. The molecule has 2 rings (SSSR count). The molecule has 1 aromatic carbocycles. The summed E-state index contributed by atoms with van der Waals surface area (Å²) in [4.78, 5) is 25.4. The summed E-state index contributed by atoms with van der Waals surface area (Å²) < 4.78 is 5.12. The topological polar surface area (TPSA) is 92.9 Å². The Morgan fingerprint density at radius 1 is 1.41 bits per heavy atom. The summed E-state index contributed by atoms with van der Waals surface area (Å²) >= 11 is 0. The summed E-state index contributed by atoms with van der Waals surface area (Å²) in [5, 5.41) is 10.5. The van der Waals surface area contributed by atoms with Gasteiger partial charge in [0, 0.05) is 19.2 Å². The van der Waals surface area contributed by atoms with E-state index in [9.17, 15) is 14.7 Å². The van der Waals surface area contributed by atoms with Gasteiger partial charge in [0.15, 0.2) is 0 Å². The maximum Gasteiger partial charge on any atom is 0.254 e. The average molecular weight is 306 g/mol. The number of hydrogen-bond acceptors (Lipinski definition) is 4. The van der Waals surface area contributed by atoms with E-state index in [1.54, 1.807) is 24.1 Å². The molecule has 6 heteroatoms. The van der Waals surface area contributed by atoms with Crippen molar-refractivity contribution in [3.8, 4) is 0 Å². The van der Waals surface area contributed by atoms with Crippen LogP contribution in [0.5, 0.6) is 0 Å². The van der Waals surface area contributed by atoms with Crippen LogP contribution in [0.1, 0.15) is 35.2 Å². The van der Waals surface area contributed by atoms with Gasteiger partial charge in [0.2, 0.25) is 5.91 Å². The molecule has 120 valence electrons. The van der Waals surface area contributed by atoms with Crippen LogP contribution in [0, 0.1) is 0 Å². The normalized spacial score (nSPS) is 21.6. The minimum Gasteiger partial charge on any atom is -0.388 e. The van der Waals surface area contributed by atoms with Crippen LogP contribution in [-0.2, 0) is 16.1 Å². The highest BCUT2D eigenvalue weighted by Gasteiger charge is 2.37. The largest absolute Gasteiger partial charge is 0.388 e. The van der Waals surface area contributed by atoms with Crippen molar-refractivity contribution in [1.29, 1.82) is 0 Å². The molecule has 1 aromatic rings. The van der Waals surface area contributed by atoms with Crippen LogP contribution < -0.4 is 5.73 Å². The Bertz CT molecular complexity index is 561. The van der Waals surface area contributed by atoms with Crippen molar-refractivity contribution in [3.05, 3.63) is 35.4 Å². The van der Waals surface area contributed by atoms with E-state index in [1.807, 2.05) is 12.1 Å². The number of methoxy groups -OCH3 is 1. The summed E-state index contributed by atoms with van der Waals surface area (Å²) in [5.74, 6) is -0.716. The van der Waals surface area contributed by atoms with Gasteiger partial charge in [-0.05, 0) is 24.5 Å². The maximum absolute atomic E-state index is 12.7. The van der Waals surface area contributed by atoms with E-state index in [0.29, 0.717) is 31.6 Å². The number of aliphatic hydroxyl groups is 1. The fraction of sp³-hybridized carbons (Fsp3) is 0.500. The van der Waals surface area contributed by atoms with Crippen LogP contribution in [0.25, 0.3) is 0 Å². The number of nitrogens with zero attached hydrogens (tertiary/aromatic N) is 1. The predicted octanol–water partition coefficient (Wildman–Crippen LogP) is 0.676. The molecule has 0 bridgehead atoms. The van der Waals surface area contributed by atoms with Crippen LogP contribution in [0.15, 0.2) is 24.3 Å². The molecule has 1 aliphatic heterocycles. The van der Waals surface area contributed by atoms with Gasteiger partial charge in [-0.2, -0.15) is 0 Å². The van der Waals surface area contributed by atoms with Crippen molar-refractivity contribution in [3.63, 3.8) is 0 Å². The lowest BCUT2D eigenvalue weighted by Crippen LogP contribution is -2.52. The zero-order valence-electron chi connectivity index (χ0n) is 12.7. The highest BCUT2D eigenvalue weighted by Crippen LogP contribution is 2.26. The number of amides is 2. The first kappa shape index (κ1) is 16.5. The molecular weight excluding hydrogens is 284 g/mol. The van der Waals surface area contributed by atoms with Gasteiger partial charge in [-0.25, -0.2) is 0 Å². The Kier molecular flexibility index (Phi) is 5.15. The van der Waals surface area contributed by atoms with Crippen molar-refractivity contribution in [1.82, 2.24) is 4.90 Å². The first-order chi connectivity index (χ1) is 10.4. The minimum atomic E-state index is -1.23. The zero-order valence-corrected chi connectivity index (χ0v) is 12.7. The van der Waals surface area contributed by atoms with E-state index in [1.165, 1.54) is 0 Å². The van der Waals surface area contributed by atoms with Crippen LogP contribution in [0.2, 0.25) is 0 Å². The summed E-state index contributed by atoms with van der Waals surface area (Å²) in [5.41, 5.74) is 5.33. The molecule has 6 nitrogen and oxygen atoms in total. The number of hydrogen-bond donors (Lipinski definition) is 2. The van der Waals surface area contributed by atoms with E-state index in [-0.39, 0.29) is 18.9 Å². The number of ether oxygens (including phenoxy) is 1. The van der Waals surface area contributed by atoms with E-state index in [4.69, 9.17) is 10.5 Å². The molecule has 1 heterocycles. The van der Waals surface area contributed by atoms with E-state index in [2.05, 4.69) is 0 Å². The second-order valence-corrected chi connectivity index (χ2v) is 5.79. The van der Waals surface area contributed by atoms with Crippen molar-refractivity contribution in [2.45, 2.75) is 31.5 Å². The van der Waals surface area contributed by atoms with Gasteiger partial charge in [0.05, 0.1) is 25.2 Å². The molecule has 1 unspecified atom stereocenters.